The number of aryl methyl sites for hydroxylation is 1. The summed E-state index contributed by atoms with van der Waals surface area (Å²) in [4.78, 5) is 12.5. The number of benzene rings is 2. The first-order valence-corrected chi connectivity index (χ1v) is 9.74. The third-order valence-corrected chi connectivity index (χ3v) is 5.10. The minimum Gasteiger partial charge on any atom is -0.497 e. The highest BCUT2D eigenvalue weighted by atomic mass is 79.9. The normalized spacial score (nSPS) is 11.1. The topological polar surface area (TPSA) is 67.0 Å². The van der Waals surface area contributed by atoms with Crippen molar-refractivity contribution in [1.82, 2.24) is 4.57 Å². The van der Waals surface area contributed by atoms with Gasteiger partial charge in [0, 0.05) is 27.2 Å². The number of nitrogens with zero attached hydrogens (tertiary/aromatic N) is 2. The van der Waals surface area contributed by atoms with Gasteiger partial charge in [-0.25, -0.2) is 0 Å². The number of methoxy groups -OCH3 is 1. The number of hydrogen-bond donors (Lipinski definition) is 1. The standard InChI is InChI=1S/C23H20BrN3O2/c1-15-12-17(16(2)27(15)21-8-10-22(29-3)11-9-21)13-18(14-25)23(28)26-20-6-4-19(24)5-7-20/h4-13H,1-3H3,(H,26,28). The van der Waals surface area contributed by atoms with Gasteiger partial charge in [0.25, 0.3) is 5.91 Å². The van der Waals surface area contributed by atoms with E-state index in [0.29, 0.717) is 5.69 Å². The smallest absolute Gasteiger partial charge is 0.266 e. The van der Waals surface area contributed by atoms with Crippen LogP contribution in [-0.4, -0.2) is 17.6 Å². The maximum Gasteiger partial charge on any atom is 0.266 e. The summed E-state index contributed by atoms with van der Waals surface area (Å²) in [7, 11) is 1.63. The molecule has 1 aromatic heterocycles. The molecule has 1 amide bonds. The van der Waals surface area contributed by atoms with Crippen LogP contribution in [0.4, 0.5) is 5.69 Å². The van der Waals surface area contributed by atoms with Gasteiger partial charge in [0.2, 0.25) is 0 Å². The van der Waals surface area contributed by atoms with Crippen molar-refractivity contribution in [3.63, 3.8) is 0 Å². The van der Waals surface area contributed by atoms with Gasteiger partial charge in [-0.1, -0.05) is 15.9 Å². The fraction of sp³-hybridized carbons (Fsp3) is 0.130. The minimum absolute atomic E-state index is 0.0444. The lowest BCUT2D eigenvalue weighted by molar-refractivity contribution is -0.112. The zero-order valence-corrected chi connectivity index (χ0v) is 17.9. The van der Waals surface area contributed by atoms with Crippen LogP contribution in [0.3, 0.4) is 0 Å². The van der Waals surface area contributed by atoms with E-state index in [1.54, 1.807) is 25.3 Å². The van der Waals surface area contributed by atoms with E-state index >= 15 is 0 Å². The second kappa shape index (κ2) is 8.80. The number of halogens is 1. The lowest BCUT2D eigenvalue weighted by atomic mass is 10.1. The lowest BCUT2D eigenvalue weighted by Crippen LogP contribution is -2.13. The van der Waals surface area contributed by atoms with E-state index < -0.39 is 5.91 Å². The molecule has 3 aromatic rings. The van der Waals surface area contributed by atoms with Crippen LogP contribution in [0.1, 0.15) is 17.0 Å². The highest BCUT2D eigenvalue weighted by Gasteiger charge is 2.14. The summed E-state index contributed by atoms with van der Waals surface area (Å²) in [6.07, 6.45) is 1.62. The highest BCUT2D eigenvalue weighted by molar-refractivity contribution is 9.10. The van der Waals surface area contributed by atoms with Crippen molar-refractivity contribution in [1.29, 1.82) is 5.26 Å². The van der Waals surface area contributed by atoms with Crippen molar-refractivity contribution in [3.05, 3.63) is 81.6 Å². The van der Waals surface area contributed by atoms with Crippen LogP contribution >= 0.6 is 15.9 Å². The van der Waals surface area contributed by atoms with Crippen LogP contribution in [0, 0.1) is 25.2 Å². The summed E-state index contributed by atoms with van der Waals surface area (Å²) in [6, 6.07) is 18.9. The summed E-state index contributed by atoms with van der Waals surface area (Å²) < 4.78 is 8.21. The van der Waals surface area contributed by atoms with E-state index in [1.807, 2.05) is 62.4 Å². The predicted molar refractivity (Wildman–Crippen MR) is 118 cm³/mol. The molecule has 0 aliphatic heterocycles. The van der Waals surface area contributed by atoms with Crippen molar-refractivity contribution in [2.24, 2.45) is 0 Å². The van der Waals surface area contributed by atoms with E-state index in [2.05, 4.69) is 25.8 Å². The number of amides is 1. The Hall–Kier alpha value is -3.30. The molecule has 0 unspecified atom stereocenters. The fourth-order valence-corrected chi connectivity index (χ4v) is 3.36. The summed E-state index contributed by atoms with van der Waals surface area (Å²) in [6.45, 7) is 3.95. The molecule has 0 radical (unpaired) electrons. The van der Waals surface area contributed by atoms with Crippen LogP contribution in [0.15, 0.2) is 64.6 Å². The van der Waals surface area contributed by atoms with Gasteiger partial charge in [-0.05, 0) is 80.1 Å². The Labute approximate surface area is 178 Å². The second-order valence-electron chi connectivity index (χ2n) is 6.49. The molecule has 1 N–H and O–H groups in total. The molecule has 6 heteroatoms. The van der Waals surface area contributed by atoms with E-state index in [9.17, 15) is 10.1 Å². The van der Waals surface area contributed by atoms with Crippen LogP contribution in [0.5, 0.6) is 5.75 Å². The maximum absolute atomic E-state index is 12.5. The number of nitriles is 1. The second-order valence-corrected chi connectivity index (χ2v) is 7.41. The first kappa shape index (κ1) is 20.4. The molecule has 0 fully saturated rings. The Morgan fingerprint density at radius 2 is 1.79 bits per heavy atom. The van der Waals surface area contributed by atoms with Gasteiger partial charge >= 0.3 is 0 Å². The van der Waals surface area contributed by atoms with Crippen LogP contribution < -0.4 is 10.1 Å². The third-order valence-electron chi connectivity index (χ3n) is 4.57. The molecule has 146 valence electrons. The molecule has 0 atom stereocenters. The van der Waals surface area contributed by atoms with Gasteiger partial charge in [-0.3, -0.25) is 4.79 Å². The molecule has 0 saturated heterocycles. The van der Waals surface area contributed by atoms with Crippen molar-refractivity contribution in [3.8, 4) is 17.5 Å². The van der Waals surface area contributed by atoms with E-state index in [1.165, 1.54) is 0 Å². The van der Waals surface area contributed by atoms with Crippen molar-refractivity contribution in [2.45, 2.75) is 13.8 Å². The summed E-state index contributed by atoms with van der Waals surface area (Å²) in [5.41, 5.74) is 4.42. The lowest BCUT2D eigenvalue weighted by Gasteiger charge is -2.10. The van der Waals surface area contributed by atoms with Gasteiger partial charge in [0.1, 0.15) is 17.4 Å². The molecule has 1 heterocycles. The monoisotopic (exact) mass is 449 g/mol. The van der Waals surface area contributed by atoms with Crippen molar-refractivity contribution < 1.29 is 9.53 Å². The van der Waals surface area contributed by atoms with Gasteiger partial charge in [-0.2, -0.15) is 5.26 Å². The summed E-state index contributed by atoms with van der Waals surface area (Å²) >= 11 is 3.36. The summed E-state index contributed by atoms with van der Waals surface area (Å²) in [5.74, 6) is 0.344. The zero-order valence-electron chi connectivity index (χ0n) is 16.4. The number of anilines is 1. The van der Waals surface area contributed by atoms with Crippen molar-refractivity contribution in [2.75, 3.05) is 12.4 Å². The van der Waals surface area contributed by atoms with Crippen LogP contribution in [-0.2, 0) is 4.79 Å². The number of carbonyl (C=O) groups excluding carboxylic acids is 1. The Balaban J connectivity index is 1.90. The molecule has 5 nitrogen and oxygen atoms in total. The van der Waals surface area contributed by atoms with Gasteiger partial charge in [0.05, 0.1) is 7.11 Å². The highest BCUT2D eigenvalue weighted by Crippen LogP contribution is 2.24. The average molecular weight is 450 g/mol. The number of rotatable bonds is 5. The Morgan fingerprint density at radius 3 is 2.38 bits per heavy atom. The average Bonchev–Trinajstić information content (AvgIpc) is 3.00. The van der Waals surface area contributed by atoms with E-state index in [4.69, 9.17) is 4.74 Å². The van der Waals surface area contributed by atoms with Crippen LogP contribution in [0.25, 0.3) is 11.8 Å². The summed E-state index contributed by atoms with van der Waals surface area (Å²) in [5, 5.41) is 12.3. The predicted octanol–water partition coefficient (Wildman–Crippen LogP) is 5.41. The molecular weight excluding hydrogens is 430 g/mol. The number of aromatic nitrogens is 1. The fourth-order valence-electron chi connectivity index (χ4n) is 3.10. The van der Waals surface area contributed by atoms with Gasteiger partial charge in [0.15, 0.2) is 0 Å². The molecular formula is C23H20BrN3O2. The van der Waals surface area contributed by atoms with Gasteiger partial charge in [-0.15, -0.1) is 0 Å². The molecule has 0 saturated carbocycles. The van der Waals surface area contributed by atoms with E-state index in [0.717, 1.165) is 32.9 Å². The minimum atomic E-state index is -0.441. The molecule has 0 bridgehead atoms. The molecule has 29 heavy (non-hydrogen) atoms. The van der Waals surface area contributed by atoms with Gasteiger partial charge < -0.3 is 14.6 Å². The SMILES string of the molecule is COc1ccc(-n2c(C)cc(C=C(C#N)C(=O)Nc3ccc(Br)cc3)c2C)cc1. The number of carbonyl (C=O) groups is 1. The molecule has 0 aliphatic rings. The molecule has 3 rings (SSSR count). The Kier molecular flexibility index (Phi) is 6.20. The molecule has 0 spiro atoms. The third kappa shape index (κ3) is 4.58. The number of ether oxygens (including phenoxy) is 1. The first-order valence-electron chi connectivity index (χ1n) is 8.95. The van der Waals surface area contributed by atoms with E-state index in [-0.39, 0.29) is 5.57 Å². The quantitative estimate of drug-likeness (QED) is 0.418. The Morgan fingerprint density at radius 1 is 1.14 bits per heavy atom. The molecule has 0 aliphatic carbocycles. The zero-order chi connectivity index (χ0) is 21.0. The largest absolute Gasteiger partial charge is 0.497 e. The maximum atomic E-state index is 12.5. The first-order chi connectivity index (χ1) is 13.9. The van der Waals surface area contributed by atoms with Crippen molar-refractivity contribution >= 4 is 33.6 Å². The molecule has 2 aromatic carbocycles. The number of nitrogens with one attached hydrogen (secondary N) is 1. The van der Waals surface area contributed by atoms with Crippen LogP contribution in [0.2, 0.25) is 0 Å². The Bertz CT molecular complexity index is 1100. The number of hydrogen-bond acceptors (Lipinski definition) is 3.